The van der Waals surface area contributed by atoms with Gasteiger partial charge in [0, 0.05) is 0 Å². The molecule has 9 heavy (non-hydrogen) atoms. The van der Waals surface area contributed by atoms with E-state index in [1.54, 1.807) is 0 Å². The zero-order valence-electron chi connectivity index (χ0n) is 4.80. The minimum atomic E-state index is -3.54. The topological polar surface area (TPSA) is 71.4 Å². The van der Waals surface area contributed by atoms with E-state index in [4.69, 9.17) is 15.8 Å². The molecule has 0 amide bonds. The van der Waals surface area contributed by atoms with Crippen LogP contribution in [0.25, 0.3) is 0 Å². The Morgan fingerprint density at radius 3 is 1.22 bits per heavy atom. The van der Waals surface area contributed by atoms with Crippen LogP contribution in [-0.2, 0) is 0 Å². The van der Waals surface area contributed by atoms with E-state index in [9.17, 15) is 4.32 Å². The van der Waals surface area contributed by atoms with Gasteiger partial charge in [-0.25, -0.2) is 15.8 Å². The van der Waals surface area contributed by atoms with Crippen LogP contribution in [0.3, 0.4) is 0 Å². The maximum atomic E-state index is 12.0. The van der Waals surface area contributed by atoms with Crippen molar-refractivity contribution < 1.29 is 33.9 Å². The Kier molecular flexibility index (Phi) is 5.46. The van der Waals surface area contributed by atoms with E-state index in [2.05, 4.69) is 0 Å². The minimum Gasteiger partial charge on any atom is -0.468 e. The maximum absolute atomic E-state index is 12.0. The fourth-order valence-electron chi connectivity index (χ4n) is 0.0866. The summed E-state index contributed by atoms with van der Waals surface area (Å²) < 4.78 is 12.0. The van der Waals surface area contributed by atoms with E-state index in [1.807, 2.05) is 0 Å². The molecule has 0 fully saturated rings. The van der Waals surface area contributed by atoms with Crippen LogP contribution in [0.2, 0.25) is 0 Å². The van der Waals surface area contributed by atoms with Crippen molar-refractivity contribution in [2.45, 2.75) is 0 Å². The first kappa shape index (κ1) is 11.3. The van der Waals surface area contributed by atoms with Crippen molar-refractivity contribution in [3.8, 4) is 17.9 Å². The van der Waals surface area contributed by atoms with Gasteiger partial charge < -0.3 is 4.32 Å². The Morgan fingerprint density at radius 2 is 1.22 bits per heavy atom. The summed E-state index contributed by atoms with van der Waals surface area (Å²) in [7, 11) is 0. The summed E-state index contributed by atoms with van der Waals surface area (Å²) in [6, 6.07) is 0. The van der Waals surface area contributed by atoms with Crippen LogP contribution >= 0.6 is 0 Å². The summed E-state index contributed by atoms with van der Waals surface area (Å²) in [6.07, 6.45) is -3.54. The number of nitrogens with zero attached hydrogens (tertiary/aromatic N) is 3. The number of hydrogen-bond donors (Lipinski definition) is 0. The Labute approximate surface area is 73.9 Å². The van der Waals surface area contributed by atoms with Gasteiger partial charge in [-0.15, -0.1) is 0 Å². The Morgan fingerprint density at radius 1 is 1.00 bits per heavy atom. The van der Waals surface area contributed by atoms with Crippen LogP contribution in [0.4, 0.5) is 4.32 Å². The number of hydrogen-bond acceptors (Lipinski definition) is 3. The van der Waals surface area contributed by atoms with Gasteiger partial charge >= 0.3 is 36.0 Å². The van der Waals surface area contributed by atoms with Gasteiger partial charge in [-0.2, -0.15) is 0 Å². The van der Waals surface area contributed by atoms with E-state index in [0.717, 1.165) is 17.9 Å². The molecule has 0 N–H and O–H groups in total. The van der Waals surface area contributed by atoms with Crippen LogP contribution in [0.1, 0.15) is 0 Å². The van der Waals surface area contributed by atoms with Crippen LogP contribution in [0, 0.1) is 33.7 Å². The predicted octanol–water partition coefficient (Wildman–Crippen LogP) is -2.91. The second-order valence-electron chi connectivity index (χ2n) is 1.15. The standard InChI is InChI=1S/C3BFN3.Na/c5-4(1-6,2-7)3-8;/q-1;+1. The van der Waals surface area contributed by atoms with E-state index in [1.165, 1.54) is 0 Å². The van der Waals surface area contributed by atoms with E-state index in [-0.39, 0.29) is 29.6 Å². The third kappa shape index (κ3) is 3.11. The fraction of sp³-hybridized carbons (Fsp3) is 0. The fourth-order valence-corrected chi connectivity index (χ4v) is 0.0866. The Hall–Kier alpha value is -0.535. The molecule has 38 valence electrons. The average molecular weight is 131 g/mol. The van der Waals surface area contributed by atoms with Crippen LogP contribution in [0.15, 0.2) is 0 Å². The Bertz CT molecular complexity index is 173. The minimum absolute atomic E-state index is 0. The SMILES string of the molecule is N#C[B-](F)(C#N)C#N.[Na+]. The number of rotatable bonds is 0. The normalized spacial score (nSPS) is 7.33. The van der Waals surface area contributed by atoms with Crippen molar-refractivity contribution in [1.29, 1.82) is 15.8 Å². The van der Waals surface area contributed by atoms with Gasteiger partial charge in [0.1, 0.15) is 0 Å². The van der Waals surface area contributed by atoms with Crippen LogP contribution in [-0.4, -0.2) is 6.42 Å². The molecule has 0 atom stereocenters. The van der Waals surface area contributed by atoms with Crippen molar-refractivity contribution in [2.24, 2.45) is 0 Å². The van der Waals surface area contributed by atoms with Gasteiger partial charge in [0.05, 0.1) is 0 Å². The number of nitriles is 3. The Balaban J connectivity index is 0. The summed E-state index contributed by atoms with van der Waals surface area (Å²) >= 11 is 0. The average Bonchev–Trinajstić information content (AvgIpc) is 1.87. The number of halogens is 1. The molecule has 0 unspecified atom stereocenters. The second-order valence-corrected chi connectivity index (χ2v) is 1.15. The quantitative estimate of drug-likeness (QED) is 0.331. The molecular formula is C3BFN3Na. The zero-order valence-corrected chi connectivity index (χ0v) is 6.80. The third-order valence-corrected chi connectivity index (χ3v) is 0.534. The van der Waals surface area contributed by atoms with Gasteiger partial charge in [-0.05, 0) is 0 Å². The van der Waals surface area contributed by atoms with Gasteiger partial charge in [-0.1, -0.05) is 17.9 Å². The molecule has 0 aliphatic carbocycles. The van der Waals surface area contributed by atoms with Crippen molar-refractivity contribution in [2.75, 3.05) is 0 Å². The largest absolute Gasteiger partial charge is 1.00 e. The summed E-state index contributed by atoms with van der Waals surface area (Å²) in [5.41, 5.74) is 0. The van der Waals surface area contributed by atoms with Gasteiger partial charge in [-0.3, -0.25) is 0 Å². The van der Waals surface area contributed by atoms with Gasteiger partial charge in [0.25, 0.3) is 0 Å². The smallest absolute Gasteiger partial charge is 0.468 e. The molecule has 0 aliphatic rings. The molecule has 0 bridgehead atoms. The molecule has 6 heteroatoms. The van der Waals surface area contributed by atoms with E-state index in [0.29, 0.717) is 0 Å². The van der Waals surface area contributed by atoms with Gasteiger partial charge in [0.15, 0.2) is 0 Å². The van der Waals surface area contributed by atoms with Crippen LogP contribution in [0.5, 0.6) is 0 Å². The summed E-state index contributed by atoms with van der Waals surface area (Å²) in [4.78, 5) is 0. The third-order valence-electron chi connectivity index (χ3n) is 0.534. The molecule has 0 spiro atoms. The zero-order chi connectivity index (χ0) is 6.62. The molecular weight excluding hydrogens is 131 g/mol. The first-order valence-electron chi connectivity index (χ1n) is 1.76. The maximum Gasteiger partial charge on any atom is 1.00 e. The van der Waals surface area contributed by atoms with Crippen molar-refractivity contribution in [3.63, 3.8) is 0 Å². The van der Waals surface area contributed by atoms with Crippen molar-refractivity contribution >= 4 is 6.42 Å². The molecule has 0 rings (SSSR count). The van der Waals surface area contributed by atoms with Gasteiger partial charge in [0.2, 0.25) is 0 Å². The second kappa shape index (κ2) is 4.35. The van der Waals surface area contributed by atoms with Crippen LogP contribution < -0.4 is 29.6 Å². The molecule has 0 aromatic rings. The van der Waals surface area contributed by atoms with Crippen molar-refractivity contribution in [3.05, 3.63) is 0 Å². The molecule has 0 aliphatic heterocycles. The summed E-state index contributed by atoms with van der Waals surface area (Å²) in [5, 5.41) is 23.2. The van der Waals surface area contributed by atoms with E-state index < -0.39 is 6.42 Å². The molecule has 0 saturated carbocycles. The molecule has 0 heterocycles. The van der Waals surface area contributed by atoms with E-state index >= 15 is 0 Å². The summed E-state index contributed by atoms with van der Waals surface area (Å²) in [5.74, 6) is 2.85. The predicted molar refractivity (Wildman–Crippen MR) is 23.7 cm³/mol. The first-order valence-corrected chi connectivity index (χ1v) is 1.76. The molecule has 3 nitrogen and oxygen atoms in total. The molecule has 0 aromatic heterocycles. The monoisotopic (exact) mass is 131 g/mol. The molecule has 0 aromatic carbocycles. The molecule has 0 radical (unpaired) electrons. The first-order chi connectivity index (χ1) is 3.68. The molecule has 0 saturated heterocycles. The van der Waals surface area contributed by atoms with Crippen molar-refractivity contribution in [1.82, 2.24) is 0 Å². The summed E-state index contributed by atoms with van der Waals surface area (Å²) in [6.45, 7) is 0.